The van der Waals surface area contributed by atoms with Crippen molar-refractivity contribution in [3.63, 3.8) is 0 Å². The molecule has 1 aliphatic heterocycles. The zero-order valence-corrected chi connectivity index (χ0v) is 16.5. The SMILES string of the molecule is Cc1cccc([C@H](c2sc3nc(-c4ccco4)nn3c2O)N2CCCCC2)c1. The summed E-state index contributed by atoms with van der Waals surface area (Å²) >= 11 is 1.50. The molecule has 1 aromatic carbocycles. The molecule has 1 saturated heterocycles. The predicted octanol–water partition coefficient (Wildman–Crippen LogP) is 4.64. The van der Waals surface area contributed by atoms with E-state index in [9.17, 15) is 5.11 Å². The second kappa shape index (κ2) is 7.07. The van der Waals surface area contributed by atoms with Crippen LogP contribution >= 0.6 is 11.3 Å². The monoisotopic (exact) mass is 394 g/mol. The van der Waals surface area contributed by atoms with Crippen LogP contribution in [-0.4, -0.2) is 37.7 Å². The molecule has 1 atom stereocenters. The van der Waals surface area contributed by atoms with E-state index in [1.807, 2.05) is 6.07 Å². The molecule has 0 amide bonds. The van der Waals surface area contributed by atoms with Gasteiger partial charge in [-0.1, -0.05) is 47.6 Å². The van der Waals surface area contributed by atoms with Gasteiger partial charge in [0.25, 0.3) is 0 Å². The van der Waals surface area contributed by atoms with Gasteiger partial charge in [0.2, 0.25) is 16.7 Å². The third kappa shape index (κ3) is 3.00. The van der Waals surface area contributed by atoms with Crippen LogP contribution in [0.4, 0.5) is 0 Å². The zero-order chi connectivity index (χ0) is 19.1. The van der Waals surface area contributed by atoms with E-state index in [1.54, 1.807) is 12.3 Å². The second-order valence-corrected chi connectivity index (χ2v) is 8.32. The van der Waals surface area contributed by atoms with Crippen LogP contribution in [-0.2, 0) is 0 Å². The van der Waals surface area contributed by atoms with Crippen LogP contribution in [0, 0.1) is 6.92 Å². The van der Waals surface area contributed by atoms with Crippen molar-refractivity contribution in [1.29, 1.82) is 0 Å². The van der Waals surface area contributed by atoms with Gasteiger partial charge in [0.05, 0.1) is 17.2 Å². The quantitative estimate of drug-likeness (QED) is 0.546. The van der Waals surface area contributed by atoms with Gasteiger partial charge in [0, 0.05) is 0 Å². The Morgan fingerprint density at radius 3 is 2.71 bits per heavy atom. The first-order valence-corrected chi connectivity index (χ1v) is 10.5. The van der Waals surface area contributed by atoms with Crippen molar-refractivity contribution >= 4 is 16.3 Å². The van der Waals surface area contributed by atoms with Crippen LogP contribution in [0.3, 0.4) is 0 Å². The van der Waals surface area contributed by atoms with Crippen molar-refractivity contribution < 1.29 is 9.52 Å². The van der Waals surface area contributed by atoms with Gasteiger partial charge in [-0.25, -0.2) is 0 Å². The van der Waals surface area contributed by atoms with E-state index in [0.717, 1.165) is 18.0 Å². The lowest BCUT2D eigenvalue weighted by Gasteiger charge is -2.34. The minimum absolute atomic E-state index is 0.0146. The van der Waals surface area contributed by atoms with Crippen LogP contribution in [0.1, 0.15) is 41.3 Å². The van der Waals surface area contributed by atoms with Crippen LogP contribution in [0.2, 0.25) is 0 Å². The summed E-state index contributed by atoms with van der Waals surface area (Å²) in [6, 6.07) is 12.2. The molecule has 1 N–H and O–H groups in total. The first kappa shape index (κ1) is 17.5. The van der Waals surface area contributed by atoms with Gasteiger partial charge in [-0.3, -0.25) is 4.90 Å². The Hall–Kier alpha value is -2.64. The molecule has 0 aliphatic carbocycles. The van der Waals surface area contributed by atoms with Gasteiger partial charge in [-0.05, 0) is 50.6 Å². The molecule has 3 aromatic heterocycles. The van der Waals surface area contributed by atoms with Crippen molar-refractivity contribution in [1.82, 2.24) is 19.5 Å². The number of hydrogen-bond acceptors (Lipinski definition) is 6. The average molecular weight is 395 g/mol. The van der Waals surface area contributed by atoms with E-state index < -0.39 is 0 Å². The van der Waals surface area contributed by atoms with Gasteiger partial charge < -0.3 is 9.52 Å². The zero-order valence-electron chi connectivity index (χ0n) is 15.7. The maximum atomic E-state index is 11.0. The minimum Gasteiger partial charge on any atom is -0.492 e. The van der Waals surface area contributed by atoms with Crippen LogP contribution < -0.4 is 0 Å². The van der Waals surface area contributed by atoms with E-state index in [0.29, 0.717) is 16.5 Å². The number of nitrogens with zero attached hydrogens (tertiary/aromatic N) is 4. The lowest BCUT2D eigenvalue weighted by atomic mass is 9.99. The van der Waals surface area contributed by atoms with Gasteiger partial charge in [-0.2, -0.15) is 9.50 Å². The van der Waals surface area contributed by atoms with Gasteiger partial charge in [0.1, 0.15) is 0 Å². The number of thiazole rings is 1. The topological polar surface area (TPSA) is 66.8 Å². The molecular weight excluding hydrogens is 372 g/mol. The number of benzene rings is 1. The third-order valence-corrected chi connectivity index (χ3v) is 6.38. The summed E-state index contributed by atoms with van der Waals surface area (Å²) in [5.41, 5.74) is 2.42. The molecule has 1 fully saturated rings. The summed E-state index contributed by atoms with van der Waals surface area (Å²) in [6.07, 6.45) is 5.24. The number of rotatable bonds is 4. The Morgan fingerprint density at radius 1 is 1.14 bits per heavy atom. The van der Waals surface area contributed by atoms with Crippen molar-refractivity contribution in [3.8, 4) is 17.5 Å². The maximum Gasteiger partial charge on any atom is 0.230 e. The number of furan rings is 1. The number of fused-ring (bicyclic) bond motifs is 1. The Morgan fingerprint density at radius 2 is 2.00 bits per heavy atom. The van der Waals surface area contributed by atoms with Gasteiger partial charge in [0.15, 0.2) is 5.76 Å². The lowest BCUT2D eigenvalue weighted by molar-refractivity contribution is 0.186. The smallest absolute Gasteiger partial charge is 0.230 e. The molecule has 28 heavy (non-hydrogen) atoms. The Kier molecular flexibility index (Phi) is 4.41. The predicted molar refractivity (Wildman–Crippen MR) is 109 cm³/mol. The highest BCUT2D eigenvalue weighted by Gasteiger charge is 2.30. The van der Waals surface area contributed by atoms with E-state index in [-0.39, 0.29) is 11.9 Å². The molecule has 4 aromatic rings. The molecule has 1 aliphatic rings. The van der Waals surface area contributed by atoms with Crippen molar-refractivity contribution in [2.24, 2.45) is 0 Å². The summed E-state index contributed by atoms with van der Waals surface area (Å²) < 4.78 is 6.92. The summed E-state index contributed by atoms with van der Waals surface area (Å²) in [5, 5.41) is 15.5. The average Bonchev–Trinajstić information content (AvgIpc) is 3.42. The van der Waals surface area contributed by atoms with Crippen molar-refractivity contribution in [3.05, 3.63) is 58.7 Å². The van der Waals surface area contributed by atoms with Gasteiger partial charge in [-0.15, -0.1) is 5.10 Å². The maximum absolute atomic E-state index is 11.0. The third-order valence-electron chi connectivity index (χ3n) is 5.30. The molecule has 7 heteroatoms. The van der Waals surface area contributed by atoms with Crippen LogP contribution in [0.25, 0.3) is 16.5 Å². The molecule has 0 unspecified atom stereocenters. The number of aromatic hydroxyl groups is 1. The Balaban J connectivity index is 1.60. The molecule has 0 radical (unpaired) electrons. The molecule has 5 rings (SSSR count). The van der Waals surface area contributed by atoms with Crippen LogP contribution in [0.15, 0.2) is 47.1 Å². The molecule has 0 saturated carbocycles. The molecule has 6 nitrogen and oxygen atoms in total. The van der Waals surface area contributed by atoms with E-state index >= 15 is 0 Å². The first-order chi connectivity index (χ1) is 13.7. The van der Waals surface area contributed by atoms with Gasteiger partial charge >= 0.3 is 0 Å². The highest BCUT2D eigenvalue weighted by Crippen LogP contribution is 2.41. The second-order valence-electron chi connectivity index (χ2n) is 7.31. The largest absolute Gasteiger partial charge is 0.492 e. The Bertz CT molecular complexity index is 1090. The fourth-order valence-electron chi connectivity index (χ4n) is 3.98. The highest BCUT2D eigenvalue weighted by atomic mass is 32.1. The minimum atomic E-state index is 0.0146. The summed E-state index contributed by atoms with van der Waals surface area (Å²) in [6.45, 7) is 4.17. The number of aryl methyl sites for hydroxylation is 1. The molecule has 144 valence electrons. The summed E-state index contributed by atoms with van der Waals surface area (Å²) in [7, 11) is 0. The highest BCUT2D eigenvalue weighted by molar-refractivity contribution is 7.17. The van der Waals surface area contributed by atoms with Crippen LogP contribution in [0.5, 0.6) is 5.88 Å². The molecule has 0 bridgehead atoms. The standard InChI is InChI=1S/C21H22N4O2S/c1-14-7-5-8-15(13-14)17(24-10-3-2-4-11-24)18-20(26)25-21(28-18)22-19(23-25)16-9-6-12-27-16/h5-9,12-13,17,26H,2-4,10-11H2,1H3/t17-/m1/s1. The van der Waals surface area contributed by atoms with Crippen molar-refractivity contribution in [2.75, 3.05) is 13.1 Å². The van der Waals surface area contributed by atoms with E-state index in [2.05, 4.69) is 46.2 Å². The fraction of sp³-hybridized carbons (Fsp3) is 0.333. The molecular formula is C21H22N4O2S. The van der Waals surface area contributed by atoms with E-state index in [4.69, 9.17) is 4.42 Å². The number of hydrogen-bond donors (Lipinski definition) is 1. The normalized spacial score (nSPS) is 16.6. The molecule has 0 spiro atoms. The van der Waals surface area contributed by atoms with E-state index in [1.165, 1.54) is 46.2 Å². The number of piperidine rings is 1. The number of likely N-dealkylation sites (tertiary alicyclic amines) is 1. The number of aromatic nitrogens is 3. The first-order valence-electron chi connectivity index (χ1n) is 9.63. The lowest BCUT2D eigenvalue weighted by Crippen LogP contribution is -2.34. The summed E-state index contributed by atoms with van der Waals surface area (Å²) in [5.74, 6) is 1.26. The summed E-state index contributed by atoms with van der Waals surface area (Å²) in [4.78, 5) is 8.61. The van der Waals surface area contributed by atoms with Crippen molar-refractivity contribution in [2.45, 2.75) is 32.2 Å². The Labute approximate surface area is 167 Å². The molecule has 4 heterocycles. The fourth-order valence-corrected chi connectivity index (χ4v) is 5.10.